The Bertz CT molecular complexity index is 576. The minimum atomic E-state index is -0.351. The molecule has 1 atom stereocenters. The standard InChI is InChI=1S/C17H16O2S/c18-16(19-12-15-9-5-2-6-10-15)17(13-20-17)11-14-7-3-1-4-8-14/h1-10H,11-13H2/t17-/m1/s1. The van der Waals surface area contributed by atoms with Crippen molar-refractivity contribution in [2.24, 2.45) is 0 Å². The van der Waals surface area contributed by atoms with Gasteiger partial charge in [-0.25, -0.2) is 0 Å². The van der Waals surface area contributed by atoms with Crippen LogP contribution < -0.4 is 0 Å². The number of ether oxygens (including phenoxy) is 1. The monoisotopic (exact) mass is 284 g/mol. The average Bonchev–Trinajstić information content (AvgIpc) is 3.28. The maximum atomic E-state index is 12.3. The summed E-state index contributed by atoms with van der Waals surface area (Å²) in [7, 11) is 0. The molecule has 1 fully saturated rings. The molecule has 0 amide bonds. The second-order valence-electron chi connectivity index (χ2n) is 5.01. The topological polar surface area (TPSA) is 26.3 Å². The van der Waals surface area contributed by atoms with Crippen LogP contribution in [0.25, 0.3) is 0 Å². The van der Waals surface area contributed by atoms with Gasteiger partial charge < -0.3 is 4.74 Å². The van der Waals surface area contributed by atoms with Crippen LogP contribution in [-0.2, 0) is 22.6 Å². The Hall–Kier alpha value is -1.74. The Kier molecular flexibility index (Phi) is 3.79. The van der Waals surface area contributed by atoms with Crippen LogP contribution in [0.1, 0.15) is 11.1 Å². The lowest BCUT2D eigenvalue weighted by Crippen LogP contribution is -2.28. The number of carbonyl (C=O) groups is 1. The first-order valence-corrected chi connectivity index (χ1v) is 7.66. The van der Waals surface area contributed by atoms with Gasteiger partial charge in [0, 0.05) is 5.75 Å². The first-order valence-electron chi connectivity index (χ1n) is 6.68. The Morgan fingerprint density at radius 2 is 1.55 bits per heavy atom. The van der Waals surface area contributed by atoms with Gasteiger partial charge in [-0.2, -0.15) is 0 Å². The molecule has 2 nitrogen and oxygen atoms in total. The molecule has 3 rings (SSSR count). The fraction of sp³-hybridized carbons (Fsp3) is 0.235. The minimum Gasteiger partial charge on any atom is -0.460 e. The van der Waals surface area contributed by atoms with Gasteiger partial charge in [-0.05, 0) is 17.5 Å². The van der Waals surface area contributed by atoms with E-state index in [-0.39, 0.29) is 10.7 Å². The van der Waals surface area contributed by atoms with E-state index < -0.39 is 0 Å². The van der Waals surface area contributed by atoms with Gasteiger partial charge in [0.15, 0.2) is 0 Å². The van der Waals surface area contributed by atoms with Gasteiger partial charge in [0.2, 0.25) is 0 Å². The van der Waals surface area contributed by atoms with E-state index >= 15 is 0 Å². The molecule has 3 heteroatoms. The van der Waals surface area contributed by atoms with E-state index in [2.05, 4.69) is 12.1 Å². The van der Waals surface area contributed by atoms with Crippen molar-refractivity contribution in [2.75, 3.05) is 5.75 Å². The van der Waals surface area contributed by atoms with Gasteiger partial charge in [-0.1, -0.05) is 60.7 Å². The van der Waals surface area contributed by atoms with Crippen LogP contribution in [0, 0.1) is 0 Å². The van der Waals surface area contributed by atoms with Crippen LogP contribution >= 0.6 is 11.8 Å². The fourth-order valence-electron chi connectivity index (χ4n) is 2.16. The zero-order chi connectivity index (χ0) is 13.8. The summed E-state index contributed by atoms with van der Waals surface area (Å²) < 4.78 is 5.12. The number of hydrogen-bond donors (Lipinski definition) is 0. The van der Waals surface area contributed by atoms with Crippen molar-refractivity contribution in [3.05, 3.63) is 71.8 Å². The molecule has 20 heavy (non-hydrogen) atoms. The first kappa shape index (κ1) is 13.3. The normalized spacial score (nSPS) is 20.4. The minimum absolute atomic E-state index is 0.0878. The third kappa shape index (κ3) is 3.05. The molecule has 0 saturated carbocycles. The molecular formula is C17H16O2S. The van der Waals surface area contributed by atoms with Crippen molar-refractivity contribution >= 4 is 17.7 Å². The Labute approximate surface area is 123 Å². The van der Waals surface area contributed by atoms with Crippen molar-refractivity contribution in [1.82, 2.24) is 0 Å². The molecular weight excluding hydrogens is 268 g/mol. The zero-order valence-electron chi connectivity index (χ0n) is 11.1. The van der Waals surface area contributed by atoms with Crippen LogP contribution in [0.5, 0.6) is 0 Å². The summed E-state index contributed by atoms with van der Waals surface area (Å²) in [5.41, 5.74) is 2.22. The van der Waals surface area contributed by atoms with Crippen molar-refractivity contribution in [1.29, 1.82) is 0 Å². The van der Waals surface area contributed by atoms with Crippen molar-refractivity contribution in [2.45, 2.75) is 17.8 Å². The molecule has 0 spiro atoms. The van der Waals surface area contributed by atoms with Crippen LogP contribution in [0.2, 0.25) is 0 Å². The van der Waals surface area contributed by atoms with Gasteiger partial charge in [-0.15, -0.1) is 11.8 Å². The molecule has 0 aromatic heterocycles. The maximum Gasteiger partial charge on any atom is 0.323 e. The van der Waals surface area contributed by atoms with Crippen LogP contribution in [-0.4, -0.2) is 16.5 Å². The highest BCUT2D eigenvalue weighted by Gasteiger charge is 2.52. The lowest BCUT2D eigenvalue weighted by molar-refractivity contribution is -0.146. The van der Waals surface area contributed by atoms with E-state index in [1.807, 2.05) is 48.5 Å². The summed E-state index contributed by atoms with van der Waals surface area (Å²) in [6.07, 6.45) is 0.756. The highest BCUT2D eigenvalue weighted by molar-refractivity contribution is 8.08. The molecule has 1 aliphatic heterocycles. The van der Waals surface area contributed by atoms with Gasteiger partial charge in [0.25, 0.3) is 0 Å². The molecule has 2 aromatic rings. The molecule has 1 heterocycles. The van der Waals surface area contributed by atoms with E-state index in [9.17, 15) is 4.79 Å². The Balaban J connectivity index is 1.59. The van der Waals surface area contributed by atoms with Crippen LogP contribution in [0.4, 0.5) is 0 Å². The lowest BCUT2D eigenvalue weighted by atomic mass is 10.0. The molecule has 102 valence electrons. The fourth-order valence-corrected chi connectivity index (χ4v) is 3.00. The highest BCUT2D eigenvalue weighted by Crippen LogP contribution is 2.48. The molecule has 1 aliphatic rings. The number of hydrogen-bond acceptors (Lipinski definition) is 3. The molecule has 0 aliphatic carbocycles. The third-order valence-corrected chi connectivity index (χ3v) is 4.71. The Morgan fingerprint density at radius 1 is 1.00 bits per heavy atom. The summed E-state index contributed by atoms with van der Waals surface area (Å²) >= 11 is 1.68. The quantitative estimate of drug-likeness (QED) is 0.621. The third-order valence-electron chi connectivity index (χ3n) is 3.41. The predicted octanol–water partition coefficient (Wildman–Crippen LogP) is 3.46. The summed E-state index contributed by atoms with van der Waals surface area (Å²) in [5, 5.41) is 0. The number of esters is 1. The van der Waals surface area contributed by atoms with E-state index in [0.717, 1.165) is 17.7 Å². The SMILES string of the molecule is O=C(OCc1ccccc1)[C@@]1(Cc2ccccc2)CS1. The molecule has 1 saturated heterocycles. The second kappa shape index (κ2) is 5.71. The molecule has 0 radical (unpaired) electrons. The van der Waals surface area contributed by atoms with E-state index in [1.165, 1.54) is 5.56 Å². The maximum absolute atomic E-state index is 12.3. The number of rotatable bonds is 5. The Morgan fingerprint density at radius 3 is 2.10 bits per heavy atom. The van der Waals surface area contributed by atoms with Crippen LogP contribution in [0.15, 0.2) is 60.7 Å². The lowest BCUT2D eigenvalue weighted by Gasteiger charge is -2.13. The van der Waals surface area contributed by atoms with Gasteiger partial charge in [-0.3, -0.25) is 4.79 Å². The van der Waals surface area contributed by atoms with Gasteiger partial charge >= 0.3 is 5.97 Å². The molecule has 0 N–H and O–H groups in total. The largest absolute Gasteiger partial charge is 0.460 e. The summed E-state index contributed by atoms with van der Waals surface area (Å²) in [5.74, 6) is 0.769. The molecule has 0 bridgehead atoms. The van der Waals surface area contributed by atoms with Crippen LogP contribution in [0.3, 0.4) is 0 Å². The summed E-state index contributed by atoms with van der Waals surface area (Å²) in [4.78, 5) is 12.3. The highest BCUT2D eigenvalue weighted by atomic mass is 32.2. The van der Waals surface area contributed by atoms with Crippen molar-refractivity contribution in [3.8, 4) is 0 Å². The van der Waals surface area contributed by atoms with Gasteiger partial charge in [0.05, 0.1) is 0 Å². The average molecular weight is 284 g/mol. The zero-order valence-corrected chi connectivity index (χ0v) is 11.9. The van der Waals surface area contributed by atoms with E-state index in [0.29, 0.717) is 6.61 Å². The number of thioether (sulfide) groups is 1. The molecule has 0 unspecified atom stereocenters. The van der Waals surface area contributed by atoms with E-state index in [1.54, 1.807) is 11.8 Å². The van der Waals surface area contributed by atoms with E-state index in [4.69, 9.17) is 4.74 Å². The van der Waals surface area contributed by atoms with Crippen molar-refractivity contribution in [3.63, 3.8) is 0 Å². The smallest absolute Gasteiger partial charge is 0.323 e. The number of carbonyl (C=O) groups excluding carboxylic acids is 1. The molecule has 2 aromatic carbocycles. The van der Waals surface area contributed by atoms with Gasteiger partial charge in [0.1, 0.15) is 11.4 Å². The second-order valence-corrected chi connectivity index (χ2v) is 6.37. The summed E-state index contributed by atoms with van der Waals surface area (Å²) in [6, 6.07) is 19.9. The summed E-state index contributed by atoms with van der Waals surface area (Å²) in [6.45, 7) is 0.358. The predicted molar refractivity (Wildman–Crippen MR) is 81.6 cm³/mol. The number of benzene rings is 2. The first-order chi connectivity index (χ1) is 9.78. The van der Waals surface area contributed by atoms with Crippen molar-refractivity contribution < 1.29 is 9.53 Å².